The fourth-order valence-electron chi connectivity index (χ4n) is 9.45. The monoisotopic (exact) mass is 1110 g/mol. The first-order valence-corrected chi connectivity index (χ1v) is 24.8. The summed E-state index contributed by atoms with van der Waals surface area (Å²) in [5.41, 5.74) is 20.3. The minimum atomic E-state index is -0.332. The first-order valence-electron chi connectivity index (χ1n) is 24.8. The second kappa shape index (κ2) is 19.0. The van der Waals surface area contributed by atoms with Gasteiger partial charge >= 0.3 is 0 Å². The number of fused-ring (bicyclic) bond motifs is 1. The Bertz CT molecular complexity index is 3390. The first-order chi connectivity index (χ1) is 32.9. The number of nitrogens with zero attached hydrogens (tertiary/aromatic N) is 3. The number of rotatable bonds is 7. The summed E-state index contributed by atoms with van der Waals surface area (Å²) in [5.74, 6) is 0.935. The molecule has 71 heavy (non-hydrogen) atoms. The van der Waals surface area contributed by atoms with Crippen molar-refractivity contribution in [3.05, 3.63) is 191 Å². The molecule has 0 amide bonds. The number of phenolic OH excluding ortho intramolecular Hbond substituents is 1. The summed E-state index contributed by atoms with van der Waals surface area (Å²) >= 11 is 0. The van der Waals surface area contributed by atoms with E-state index >= 15 is 0 Å². The van der Waals surface area contributed by atoms with Crippen LogP contribution in [0, 0.1) is 19.9 Å². The van der Waals surface area contributed by atoms with E-state index in [-0.39, 0.29) is 48.5 Å². The molecule has 5 heteroatoms. The molecule has 0 saturated heterocycles. The van der Waals surface area contributed by atoms with E-state index in [1.54, 1.807) is 0 Å². The zero-order valence-electron chi connectivity index (χ0n) is 44.0. The Morgan fingerprint density at radius 3 is 1.68 bits per heavy atom. The van der Waals surface area contributed by atoms with E-state index in [0.717, 1.165) is 83.6 Å². The minimum Gasteiger partial charge on any atom is -0.507 e. The smallest absolute Gasteiger partial charge is 0.148 e. The molecular formula is C66H68N3OPt-. The Balaban J connectivity index is 0.00000676. The summed E-state index contributed by atoms with van der Waals surface area (Å²) in [6.07, 6.45) is 1.89. The summed E-state index contributed by atoms with van der Waals surface area (Å²) in [5, 5.41) is 12.6. The number of aryl methyl sites for hydroxylation is 2. The van der Waals surface area contributed by atoms with Crippen LogP contribution < -0.4 is 0 Å². The number of para-hydroxylation sites is 1. The Kier molecular flexibility index (Phi) is 13.7. The zero-order valence-corrected chi connectivity index (χ0v) is 46.3. The molecule has 0 atom stereocenters. The minimum absolute atomic E-state index is 0. The maximum Gasteiger partial charge on any atom is 0.148 e. The van der Waals surface area contributed by atoms with Crippen molar-refractivity contribution in [1.29, 1.82) is 0 Å². The molecule has 4 nitrogen and oxygen atoms in total. The van der Waals surface area contributed by atoms with Gasteiger partial charge in [0, 0.05) is 38.5 Å². The number of hydrogen-bond donors (Lipinski definition) is 1. The van der Waals surface area contributed by atoms with Crippen LogP contribution in [-0.4, -0.2) is 19.6 Å². The van der Waals surface area contributed by atoms with Crippen LogP contribution in [0.5, 0.6) is 5.75 Å². The SMILES string of the molecule is Cc1ccc(-c2ccnc(-c3[c-]c(-c4cccc5c4nc(-c4cc(C(C)(C)C)cc(C(C)(C)C)c4O)n5-c4ccc(-c5cc(C(C)(C)C)cc(C(C)(C)C)c5)cc4C)cc(-c4ccccc4)c3)c2)cc1.[Pt]. The second-order valence-corrected chi connectivity index (χ2v) is 23.5. The van der Waals surface area contributed by atoms with Crippen molar-refractivity contribution >= 4 is 11.0 Å². The van der Waals surface area contributed by atoms with E-state index in [2.05, 4.69) is 253 Å². The number of pyridine rings is 1. The van der Waals surface area contributed by atoms with Gasteiger partial charge in [0.15, 0.2) is 0 Å². The van der Waals surface area contributed by atoms with Crippen molar-refractivity contribution in [2.45, 2.75) is 119 Å². The van der Waals surface area contributed by atoms with E-state index in [4.69, 9.17) is 9.97 Å². The molecule has 0 saturated carbocycles. The van der Waals surface area contributed by atoms with Crippen LogP contribution in [-0.2, 0) is 42.7 Å². The van der Waals surface area contributed by atoms with Gasteiger partial charge in [-0.15, -0.1) is 23.8 Å². The van der Waals surface area contributed by atoms with Crippen LogP contribution in [0.2, 0.25) is 0 Å². The van der Waals surface area contributed by atoms with Gasteiger partial charge in [-0.2, -0.15) is 0 Å². The molecule has 364 valence electrons. The van der Waals surface area contributed by atoms with Crippen LogP contribution in [0.3, 0.4) is 0 Å². The van der Waals surface area contributed by atoms with Gasteiger partial charge in [-0.3, -0.25) is 9.55 Å². The van der Waals surface area contributed by atoms with Crippen LogP contribution >= 0.6 is 0 Å². The summed E-state index contributed by atoms with van der Waals surface area (Å²) < 4.78 is 2.27. The van der Waals surface area contributed by atoms with Crippen molar-refractivity contribution in [2.75, 3.05) is 0 Å². The molecule has 1 N–H and O–H groups in total. The van der Waals surface area contributed by atoms with E-state index in [1.807, 2.05) is 6.20 Å². The molecule has 0 unspecified atom stereocenters. The van der Waals surface area contributed by atoms with Crippen molar-refractivity contribution < 1.29 is 26.2 Å². The molecular weight excluding hydrogens is 1050 g/mol. The standard InChI is InChI=1S/C66H68N3O.Pt/c1-41-23-25-44(26-24-41)46-29-30-67-57(37-46)50-33-47(43-19-16-15-17-20-43)32-49(34-50)54-21-18-22-59-60(54)68-62(55-39-53(65(9,10)11)40-56(61(55)70)66(12,13)14)69(59)58-28-27-45(31-42(58)2)48-35-51(63(3,4)5)38-52(36-48)64(6,7)8;/h15-33,35-40,70H,1-14H3;/q-1;. The largest absolute Gasteiger partial charge is 0.507 e. The van der Waals surface area contributed by atoms with Gasteiger partial charge in [0.25, 0.3) is 0 Å². The average Bonchev–Trinajstić information content (AvgIpc) is 3.70. The topological polar surface area (TPSA) is 50.9 Å². The summed E-state index contributed by atoms with van der Waals surface area (Å²) in [6, 6.07) is 56.4. The molecule has 0 fully saturated rings. The molecule has 2 heterocycles. The van der Waals surface area contributed by atoms with Gasteiger partial charge in [-0.25, -0.2) is 4.98 Å². The van der Waals surface area contributed by atoms with E-state index in [0.29, 0.717) is 11.4 Å². The van der Waals surface area contributed by atoms with Crippen molar-refractivity contribution in [1.82, 2.24) is 14.5 Å². The molecule has 0 bridgehead atoms. The van der Waals surface area contributed by atoms with Crippen molar-refractivity contribution in [3.8, 4) is 78.6 Å². The van der Waals surface area contributed by atoms with E-state index in [1.165, 1.54) is 22.3 Å². The molecule has 0 aliphatic heterocycles. The van der Waals surface area contributed by atoms with Crippen molar-refractivity contribution in [2.24, 2.45) is 0 Å². The Morgan fingerprint density at radius 2 is 1.06 bits per heavy atom. The van der Waals surface area contributed by atoms with Crippen LogP contribution in [0.15, 0.2) is 152 Å². The first kappa shape index (κ1) is 51.0. The van der Waals surface area contributed by atoms with E-state index in [9.17, 15) is 5.11 Å². The zero-order chi connectivity index (χ0) is 50.1. The third kappa shape index (κ3) is 10.4. The van der Waals surface area contributed by atoms with Crippen LogP contribution in [0.4, 0.5) is 0 Å². The molecule has 0 radical (unpaired) electrons. The summed E-state index contributed by atoms with van der Waals surface area (Å²) in [7, 11) is 0. The van der Waals surface area contributed by atoms with Gasteiger partial charge < -0.3 is 5.11 Å². The molecule has 0 aliphatic rings. The molecule has 7 aromatic carbocycles. The number of hydrogen-bond acceptors (Lipinski definition) is 3. The third-order valence-electron chi connectivity index (χ3n) is 13.8. The Labute approximate surface area is 437 Å². The maximum atomic E-state index is 12.6. The summed E-state index contributed by atoms with van der Waals surface area (Å²) in [4.78, 5) is 10.6. The normalized spacial score (nSPS) is 12.3. The summed E-state index contributed by atoms with van der Waals surface area (Å²) in [6.45, 7) is 31.3. The molecule has 9 rings (SSSR count). The predicted octanol–water partition coefficient (Wildman–Crippen LogP) is 17.7. The maximum absolute atomic E-state index is 12.6. The third-order valence-corrected chi connectivity index (χ3v) is 13.8. The number of aromatic hydroxyl groups is 1. The van der Waals surface area contributed by atoms with Gasteiger partial charge in [-0.05, 0) is 116 Å². The fourth-order valence-corrected chi connectivity index (χ4v) is 9.45. The number of phenols is 1. The van der Waals surface area contributed by atoms with Gasteiger partial charge in [0.1, 0.15) is 11.6 Å². The number of aromatic nitrogens is 3. The van der Waals surface area contributed by atoms with Gasteiger partial charge in [0.2, 0.25) is 0 Å². The van der Waals surface area contributed by atoms with E-state index < -0.39 is 0 Å². The molecule has 9 aromatic rings. The predicted molar refractivity (Wildman–Crippen MR) is 296 cm³/mol. The Hall–Kier alpha value is -6.35. The quantitative estimate of drug-likeness (QED) is 0.162. The van der Waals surface area contributed by atoms with Crippen LogP contribution in [0.25, 0.3) is 83.9 Å². The number of imidazole rings is 1. The molecule has 2 aromatic heterocycles. The average molecular weight is 1110 g/mol. The van der Waals surface area contributed by atoms with Gasteiger partial charge in [0.05, 0.1) is 22.3 Å². The van der Waals surface area contributed by atoms with Crippen molar-refractivity contribution in [3.63, 3.8) is 0 Å². The van der Waals surface area contributed by atoms with Gasteiger partial charge in [-0.1, -0.05) is 208 Å². The number of benzene rings is 7. The second-order valence-electron chi connectivity index (χ2n) is 23.5. The molecule has 0 aliphatic carbocycles. The fraction of sp³-hybridized carbons (Fsp3) is 0.273. The Morgan fingerprint density at radius 1 is 0.479 bits per heavy atom. The molecule has 0 spiro atoms. The van der Waals surface area contributed by atoms with Crippen LogP contribution in [0.1, 0.15) is 116 Å².